The molecule has 1 heterocycles. The molecule has 1 aromatic heterocycles. The minimum atomic E-state index is 0.182. The summed E-state index contributed by atoms with van der Waals surface area (Å²) >= 11 is 7.83. The zero-order valence-corrected chi connectivity index (χ0v) is 11.0. The Morgan fingerprint density at radius 2 is 2.27 bits per heavy atom. The highest BCUT2D eigenvalue weighted by Crippen LogP contribution is 2.32. The molecule has 0 saturated carbocycles. The third-order valence-corrected chi connectivity index (χ3v) is 3.87. The SMILES string of the molecule is CCNC(c1sccc1Cl)C(CC)OC. The van der Waals surface area contributed by atoms with Gasteiger partial charge in [0.15, 0.2) is 0 Å². The quantitative estimate of drug-likeness (QED) is 0.831. The average Bonchev–Trinajstić information content (AvgIpc) is 2.65. The number of methoxy groups -OCH3 is 1. The van der Waals surface area contributed by atoms with E-state index in [1.54, 1.807) is 18.4 Å². The van der Waals surface area contributed by atoms with Gasteiger partial charge in [-0.3, -0.25) is 0 Å². The van der Waals surface area contributed by atoms with Crippen LogP contribution in [-0.2, 0) is 4.74 Å². The van der Waals surface area contributed by atoms with Gasteiger partial charge in [-0.05, 0) is 24.4 Å². The molecule has 4 heteroatoms. The maximum absolute atomic E-state index is 6.14. The number of hydrogen-bond donors (Lipinski definition) is 1. The predicted molar refractivity (Wildman–Crippen MR) is 66.8 cm³/mol. The topological polar surface area (TPSA) is 21.3 Å². The molecule has 1 aromatic rings. The second-order valence-electron chi connectivity index (χ2n) is 3.35. The fraction of sp³-hybridized carbons (Fsp3) is 0.636. The van der Waals surface area contributed by atoms with Crippen LogP contribution in [0.1, 0.15) is 31.2 Å². The van der Waals surface area contributed by atoms with Gasteiger partial charge in [-0.15, -0.1) is 11.3 Å². The van der Waals surface area contributed by atoms with E-state index in [0.29, 0.717) is 0 Å². The molecule has 0 amide bonds. The van der Waals surface area contributed by atoms with Crippen molar-refractivity contribution >= 4 is 22.9 Å². The van der Waals surface area contributed by atoms with Crippen LogP contribution in [0.5, 0.6) is 0 Å². The summed E-state index contributed by atoms with van der Waals surface area (Å²) < 4.78 is 5.48. The molecule has 2 unspecified atom stereocenters. The molecular formula is C11H18ClNOS. The van der Waals surface area contributed by atoms with E-state index in [1.165, 1.54) is 4.88 Å². The van der Waals surface area contributed by atoms with Crippen LogP contribution in [0.2, 0.25) is 5.02 Å². The van der Waals surface area contributed by atoms with Gasteiger partial charge in [0.2, 0.25) is 0 Å². The van der Waals surface area contributed by atoms with Gasteiger partial charge >= 0.3 is 0 Å². The van der Waals surface area contributed by atoms with Crippen LogP contribution >= 0.6 is 22.9 Å². The van der Waals surface area contributed by atoms with Crippen molar-refractivity contribution in [2.45, 2.75) is 32.4 Å². The highest BCUT2D eigenvalue weighted by Gasteiger charge is 2.23. The minimum absolute atomic E-state index is 0.182. The highest BCUT2D eigenvalue weighted by atomic mass is 35.5. The van der Waals surface area contributed by atoms with E-state index in [-0.39, 0.29) is 12.1 Å². The van der Waals surface area contributed by atoms with Gasteiger partial charge in [0.1, 0.15) is 0 Å². The van der Waals surface area contributed by atoms with Crippen LogP contribution in [0, 0.1) is 0 Å². The summed E-state index contributed by atoms with van der Waals surface area (Å²) in [6, 6.07) is 2.14. The van der Waals surface area contributed by atoms with E-state index in [4.69, 9.17) is 16.3 Å². The Kier molecular flexibility index (Phi) is 5.61. The van der Waals surface area contributed by atoms with Crippen molar-refractivity contribution in [3.8, 4) is 0 Å². The monoisotopic (exact) mass is 247 g/mol. The Balaban J connectivity index is 2.86. The predicted octanol–water partition coefficient (Wildman–Crippen LogP) is 3.48. The number of rotatable bonds is 6. The molecule has 0 spiro atoms. The lowest BCUT2D eigenvalue weighted by Gasteiger charge is -2.25. The largest absolute Gasteiger partial charge is 0.379 e. The molecule has 0 fully saturated rings. The van der Waals surface area contributed by atoms with Crippen molar-refractivity contribution in [1.82, 2.24) is 5.32 Å². The standard InChI is InChI=1S/C11H18ClNOS/c1-4-9(14-3)10(13-5-2)11-8(12)6-7-15-11/h6-7,9-10,13H,4-5H2,1-3H3. The zero-order chi connectivity index (χ0) is 11.3. The van der Waals surface area contributed by atoms with Crippen LogP contribution in [0.4, 0.5) is 0 Å². The molecule has 0 aromatic carbocycles. The molecule has 0 radical (unpaired) electrons. The van der Waals surface area contributed by atoms with Gasteiger partial charge in [0.05, 0.1) is 17.2 Å². The molecule has 0 saturated heterocycles. The Hall–Kier alpha value is -0.0900. The lowest BCUT2D eigenvalue weighted by molar-refractivity contribution is 0.0667. The summed E-state index contributed by atoms with van der Waals surface area (Å²) in [5.74, 6) is 0. The van der Waals surface area contributed by atoms with Crippen molar-refractivity contribution in [3.05, 3.63) is 21.3 Å². The fourth-order valence-electron chi connectivity index (χ4n) is 1.68. The summed E-state index contributed by atoms with van der Waals surface area (Å²) in [4.78, 5) is 1.17. The fourth-order valence-corrected chi connectivity index (χ4v) is 2.98. The number of halogens is 1. The molecule has 0 aliphatic rings. The number of thiophene rings is 1. The molecule has 15 heavy (non-hydrogen) atoms. The minimum Gasteiger partial charge on any atom is -0.379 e. The van der Waals surface area contributed by atoms with Crippen LogP contribution in [0.25, 0.3) is 0 Å². The summed E-state index contributed by atoms with van der Waals surface area (Å²) in [6.07, 6.45) is 1.16. The number of ether oxygens (including phenoxy) is 1. The lowest BCUT2D eigenvalue weighted by Crippen LogP contribution is -2.32. The molecule has 0 aliphatic heterocycles. The summed E-state index contributed by atoms with van der Waals surface area (Å²) in [7, 11) is 1.75. The molecule has 1 N–H and O–H groups in total. The molecule has 2 atom stereocenters. The Morgan fingerprint density at radius 1 is 1.53 bits per heavy atom. The number of nitrogens with one attached hydrogen (secondary N) is 1. The Morgan fingerprint density at radius 3 is 2.67 bits per heavy atom. The van der Waals surface area contributed by atoms with Gasteiger partial charge in [0.25, 0.3) is 0 Å². The second kappa shape index (κ2) is 6.48. The molecule has 86 valence electrons. The molecule has 2 nitrogen and oxygen atoms in total. The van der Waals surface area contributed by atoms with Crippen molar-refractivity contribution in [2.75, 3.05) is 13.7 Å². The van der Waals surface area contributed by atoms with Crippen LogP contribution < -0.4 is 5.32 Å². The third kappa shape index (κ3) is 3.18. The number of hydrogen-bond acceptors (Lipinski definition) is 3. The van der Waals surface area contributed by atoms with Gasteiger partial charge in [-0.25, -0.2) is 0 Å². The first-order valence-electron chi connectivity index (χ1n) is 5.23. The smallest absolute Gasteiger partial charge is 0.0771 e. The maximum Gasteiger partial charge on any atom is 0.0771 e. The highest BCUT2D eigenvalue weighted by molar-refractivity contribution is 7.10. The second-order valence-corrected chi connectivity index (χ2v) is 4.71. The first-order valence-corrected chi connectivity index (χ1v) is 6.49. The first-order chi connectivity index (χ1) is 7.24. The van der Waals surface area contributed by atoms with Crippen LogP contribution in [-0.4, -0.2) is 19.8 Å². The van der Waals surface area contributed by atoms with Crippen molar-refractivity contribution in [3.63, 3.8) is 0 Å². The van der Waals surface area contributed by atoms with Gasteiger partial charge in [-0.1, -0.05) is 25.4 Å². The van der Waals surface area contributed by atoms with Gasteiger partial charge in [0, 0.05) is 12.0 Å². The van der Waals surface area contributed by atoms with Crippen LogP contribution in [0.3, 0.4) is 0 Å². The van der Waals surface area contributed by atoms with E-state index in [0.717, 1.165) is 18.0 Å². The number of likely N-dealkylation sites (N-methyl/N-ethyl adjacent to an activating group) is 1. The van der Waals surface area contributed by atoms with Crippen molar-refractivity contribution in [1.29, 1.82) is 0 Å². The maximum atomic E-state index is 6.14. The molecule has 0 aliphatic carbocycles. The molecule has 1 rings (SSSR count). The Labute approximate surface area is 101 Å². The van der Waals surface area contributed by atoms with Gasteiger partial charge in [-0.2, -0.15) is 0 Å². The van der Waals surface area contributed by atoms with E-state index >= 15 is 0 Å². The lowest BCUT2D eigenvalue weighted by atomic mass is 10.1. The van der Waals surface area contributed by atoms with E-state index in [9.17, 15) is 0 Å². The first kappa shape index (κ1) is 13.0. The van der Waals surface area contributed by atoms with Gasteiger partial charge < -0.3 is 10.1 Å². The van der Waals surface area contributed by atoms with Crippen molar-refractivity contribution in [2.24, 2.45) is 0 Å². The average molecular weight is 248 g/mol. The zero-order valence-electron chi connectivity index (χ0n) is 9.42. The third-order valence-electron chi connectivity index (χ3n) is 2.43. The Bertz CT molecular complexity index is 286. The summed E-state index contributed by atoms with van der Waals surface area (Å²) in [5.41, 5.74) is 0. The van der Waals surface area contributed by atoms with Crippen molar-refractivity contribution < 1.29 is 4.74 Å². The molecule has 0 bridgehead atoms. The normalized spacial score (nSPS) is 15.2. The molecular weight excluding hydrogens is 230 g/mol. The van der Waals surface area contributed by atoms with Crippen LogP contribution in [0.15, 0.2) is 11.4 Å². The van der Waals surface area contributed by atoms with E-state index < -0.39 is 0 Å². The summed E-state index contributed by atoms with van der Waals surface area (Å²) in [5, 5.41) is 6.28. The van der Waals surface area contributed by atoms with E-state index in [1.807, 2.05) is 11.4 Å². The van der Waals surface area contributed by atoms with E-state index in [2.05, 4.69) is 19.2 Å². The summed E-state index contributed by atoms with van der Waals surface area (Å²) in [6.45, 7) is 5.13.